The summed E-state index contributed by atoms with van der Waals surface area (Å²) >= 11 is 0. The average Bonchev–Trinajstić information content (AvgIpc) is 2.46. The Morgan fingerprint density at radius 2 is 1.25 bits per heavy atom. The van der Waals surface area contributed by atoms with E-state index in [1.54, 1.807) is 6.92 Å². The Bertz CT molecular complexity index is 173. The van der Waals surface area contributed by atoms with Crippen LogP contribution >= 0.6 is 0 Å². The third-order valence-corrected chi connectivity index (χ3v) is 2.95. The van der Waals surface area contributed by atoms with Crippen LogP contribution in [0.1, 0.15) is 78.1 Å². The lowest BCUT2D eigenvalue weighted by Gasteiger charge is -2.00. The molecule has 0 amide bonds. The van der Waals surface area contributed by atoms with Crippen LogP contribution in [0.3, 0.4) is 0 Å². The Kier molecular flexibility index (Phi) is 22.4. The van der Waals surface area contributed by atoms with E-state index in [0.717, 1.165) is 6.42 Å². The van der Waals surface area contributed by atoms with Gasteiger partial charge in [-0.25, -0.2) is 4.79 Å². The number of hydrogen-bond donors (Lipinski definition) is 2. The molecule has 0 aliphatic rings. The van der Waals surface area contributed by atoms with Crippen molar-refractivity contribution in [2.75, 3.05) is 19.8 Å². The molecule has 0 aliphatic carbocycles. The predicted molar refractivity (Wildman–Crippen MR) is 82.6 cm³/mol. The van der Waals surface area contributed by atoms with Gasteiger partial charge in [0.25, 0.3) is 0 Å². The molecule has 0 saturated heterocycles. The first-order valence-electron chi connectivity index (χ1n) is 8.10. The van der Waals surface area contributed by atoms with Gasteiger partial charge < -0.3 is 14.9 Å². The summed E-state index contributed by atoms with van der Waals surface area (Å²) < 4.78 is 4.30. The monoisotopic (exact) mass is 290 g/mol. The van der Waals surface area contributed by atoms with Gasteiger partial charge in [0.05, 0.1) is 6.61 Å². The van der Waals surface area contributed by atoms with Crippen molar-refractivity contribution in [3.63, 3.8) is 0 Å². The van der Waals surface area contributed by atoms with E-state index >= 15 is 0 Å². The van der Waals surface area contributed by atoms with E-state index in [4.69, 9.17) is 10.2 Å². The molecule has 0 bridgehead atoms. The van der Waals surface area contributed by atoms with Gasteiger partial charge >= 0.3 is 5.97 Å². The molecular formula is C16H34O4. The van der Waals surface area contributed by atoms with Gasteiger partial charge in [0.15, 0.2) is 0 Å². The molecule has 0 aromatic heterocycles. The van der Waals surface area contributed by atoms with Gasteiger partial charge in [-0.3, -0.25) is 0 Å². The molecule has 0 aliphatic heterocycles. The fourth-order valence-electron chi connectivity index (χ4n) is 1.81. The molecule has 122 valence electrons. The molecule has 4 heteroatoms. The SMILES string of the molecule is CCCCCCCCCCCCO.CCOC(=O)CO. The summed E-state index contributed by atoms with van der Waals surface area (Å²) in [4.78, 5) is 9.94. The van der Waals surface area contributed by atoms with E-state index in [-0.39, 0.29) is 0 Å². The maximum absolute atomic E-state index is 9.94. The molecule has 0 spiro atoms. The van der Waals surface area contributed by atoms with Crippen molar-refractivity contribution in [1.29, 1.82) is 0 Å². The summed E-state index contributed by atoms with van der Waals surface area (Å²) in [5.41, 5.74) is 0. The lowest BCUT2D eigenvalue weighted by atomic mass is 10.1. The van der Waals surface area contributed by atoms with Crippen LogP contribution in [0.15, 0.2) is 0 Å². The topological polar surface area (TPSA) is 66.8 Å². The van der Waals surface area contributed by atoms with Crippen molar-refractivity contribution in [3.05, 3.63) is 0 Å². The van der Waals surface area contributed by atoms with E-state index in [1.165, 1.54) is 57.8 Å². The van der Waals surface area contributed by atoms with Crippen molar-refractivity contribution in [1.82, 2.24) is 0 Å². The third-order valence-electron chi connectivity index (χ3n) is 2.95. The smallest absolute Gasteiger partial charge is 0.331 e. The summed E-state index contributed by atoms with van der Waals surface area (Å²) in [6.45, 7) is 4.13. The molecule has 0 aromatic rings. The zero-order valence-electron chi connectivity index (χ0n) is 13.4. The standard InChI is InChI=1S/C12H26O.C4H8O3/c1-2-3-4-5-6-7-8-9-10-11-12-13;1-2-7-4(6)3-5/h13H,2-12H2,1H3;5H,2-3H2,1H3. The van der Waals surface area contributed by atoms with Gasteiger partial charge in [-0.15, -0.1) is 0 Å². The first-order chi connectivity index (χ1) is 9.72. The largest absolute Gasteiger partial charge is 0.464 e. The number of esters is 1. The molecule has 0 atom stereocenters. The third kappa shape index (κ3) is 22.6. The zero-order valence-corrected chi connectivity index (χ0v) is 13.4. The van der Waals surface area contributed by atoms with Gasteiger partial charge in [0.2, 0.25) is 0 Å². The van der Waals surface area contributed by atoms with Gasteiger partial charge in [0, 0.05) is 6.61 Å². The fourth-order valence-corrected chi connectivity index (χ4v) is 1.81. The summed E-state index contributed by atoms with van der Waals surface area (Å²) in [7, 11) is 0. The number of carbonyl (C=O) groups excluding carboxylic acids is 1. The normalized spacial score (nSPS) is 9.80. The molecular weight excluding hydrogens is 256 g/mol. The van der Waals surface area contributed by atoms with Crippen LogP contribution < -0.4 is 0 Å². The fraction of sp³-hybridized carbons (Fsp3) is 0.938. The Hall–Kier alpha value is -0.610. The van der Waals surface area contributed by atoms with Crippen LogP contribution in [0.4, 0.5) is 0 Å². The quantitative estimate of drug-likeness (QED) is 0.427. The minimum atomic E-state index is -0.567. The zero-order chi connectivity index (χ0) is 15.5. The number of rotatable bonds is 12. The van der Waals surface area contributed by atoms with Crippen molar-refractivity contribution >= 4 is 5.97 Å². The van der Waals surface area contributed by atoms with E-state index < -0.39 is 12.6 Å². The maximum atomic E-state index is 9.94. The van der Waals surface area contributed by atoms with Gasteiger partial charge in [-0.2, -0.15) is 0 Å². The van der Waals surface area contributed by atoms with Crippen LogP contribution in [0.25, 0.3) is 0 Å². The molecule has 0 aromatic carbocycles. The van der Waals surface area contributed by atoms with Crippen LogP contribution in [-0.2, 0) is 9.53 Å². The molecule has 0 radical (unpaired) electrons. The van der Waals surface area contributed by atoms with Gasteiger partial charge in [-0.1, -0.05) is 64.7 Å². The molecule has 0 fully saturated rings. The first-order valence-corrected chi connectivity index (χ1v) is 8.10. The van der Waals surface area contributed by atoms with Crippen LogP contribution in [0, 0.1) is 0 Å². The van der Waals surface area contributed by atoms with Gasteiger partial charge in [-0.05, 0) is 13.3 Å². The molecule has 0 unspecified atom stereocenters. The highest BCUT2D eigenvalue weighted by atomic mass is 16.5. The number of carbonyl (C=O) groups is 1. The average molecular weight is 290 g/mol. The van der Waals surface area contributed by atoms with E-state index in [2.05, 4.69) is 11.7 Å². The van der Waals surface area contributed by atoms with E-state index in [0.29, 0.717) is 13.2 Å². The second-order valence-electron chi connectivity index (χ2n) is 4.87. The minimum absolute atomic E-state index is 0.333. The summed E-state index contributed by atoms with van der Waals surface area (Å²) in [5, 5.41) is 16.6. The predicted octanol–water partition coefficient (Wildman–Crippen LogP) is 3.44. The number of unbranched alkanes of at least 4 members (excludes halogenated alkanes) is 9. The Balaban J connectivity index is 0. The van der Waals surface area contributed by atoms with Crippen molar-refractivity contribution in [3.8, 4) is 0 Å². The highest BCUT2D eigenvalue weighted by Gasteiger charge is 1.93. The highest BCUT2D eigenvalue weighted by Crippen LogP contribution is 2.09. The van der Waals surface area contributed by atoms with Crippen LogP contribution in [0.5, 0.6) is 0 Å². The lowest BCUT2D eigenvalue weighted by molar-refractivity contribution is -0.146. The lowest BCUT2D eigenvalue weighted by Crippen LogP contribution is -2.07. The van der Waals surface area contributed by atoms with Crippen molar-refractivity contribution < 1.29 is 19.7 Å². The molecule has 4 nitrogen and oxygen atoms in total. The summed E-state index contributed by atoms with van der Waals surface area (Å²) in [6, 6.07) is 0. The second-order valence-corrected chi connectivity index (χ2v) is 4.87. The second kappa shape index (κ2) is 20.7. The molecule has 0 saturated carbocycles. The Labute approximate surface area is 124 Å². The van der Waals surface area contributed by atoms with E-state index in [9.17, 15) is 4.79 Å². The molecule has 0 heterocycles. The van der Waals surface area contributed by atoms with Crippen LogP contribution in [-0.4, -0.2) is 36.0 Å². The molecule has 2 N–H and O–H groups in total. The number of hydrogen-bond acceptors (Lipinski definition) is 4. The van der Waals surface area contributed by atoms with Crippen molar-refractivity contribution in [2.45, 2.75) is 78.1 Å². The first kappa shape index (κ1) is 21.7. The molecule has 20 heavy (non-hydrogen) atoms. The Morgan fingerprint density at radius 3 is 1.55 bits per heavy atom. The highest BCUT2D eigenvalue weighted by molar-refractivity contribution is 5.70. The summed E-state index contributed by atoms with van der Waals surface area (Å²) in [6.07, 6.45) is 13.3. The Morgan fingerprint density at radius 1 is 0.800 bits per heavy atom. The van der Waals surface area contributed by atoms with Crippen LogP contribution in [0.2, 0.25) is 0 Å². The van der Waals surface area contributed by atoms with Gasteiger partial charge in [0.1, 0.15) is 6.61 Å². The minimum Gasteiger partial charge on any atom is -0.464 e. The number of ether oxygens (including phenoxy) is 1. The molecule has 0 rings (SSSR count). The van der Waals surface area contributed by atoms with Crippen molar-refractivity contribution in [2.24, 2.45) is 0 Å². The summed E-state index contributed by atoms with van der Waals surface area (Å²) in [5.74, 6) is -0.567. The number of aliphatic hydroxyl groups is 2. The maximum Gasteiger partial charge on any atom is 0.331 e. The van der Waals surface area contributed by atoms with E-state index in [1.807, 2.05) is 0 Å². The number of aliphatic hydroxyl groups excluding tert-OH is 2.